The van der Waals surface area contributed by atoms with Crippen LogP contribution in [0.25, 0.3) is 10.9 Å². The second-order valence-electron chi connectivity index (χ2n) is 7.52. The minimum Gasteiger partial charge on any atom is -0.493 e. The van der Waals surface area contributed by atoms with Gasteiger partial charge in [0, 0.05) is 44.3 Å². The van der Waals surface area contributed by atoms with E-state index in [-0.39, 0.29) is 5.91 Å². The van der Waals surface area contributed by atoms with Crippen LogP contribution in [0, 0.1) is 0 Å². The van der Waals surface area contributed by atoms with E-state index in [2.05, 4.69) is 16.0 Å². The number of benzene rings is 2. The van der Waals surface area contributed by atoms with Crippen LogP contribution in [0.4, 0.5) is 0 Å². The van der Waals surface area contributed by atoms with Gasteiger partial charge in [-0.05, 0) is 29.3 Å². The lowest BCUT2D eigenvalue weighted by atomic mass is 10.1. The van der Waals surface area contributed by atoms with E-state index in [0.717, 1.165) is 60.7 Å². The fourth-order valence-corrected chi connectivity index (χ4v) is 3.98. The molecule has 0 bridgehead atoms. The number of para-hydroxylation sites is 1. The summed E-state index contributed by atoms with van der Waals surface area (Å²) in [6.07, 6.45) is 2.17. The topological polar surface area (TPSA) is 54.9 Å². The summed E-state index contributed by atoms with van der Waals surface area (Å²) in [6, 6.07) is 16.0. The molecule has 156 valence electrons. The first-order valence-corrected chi connectivity index (χ1v) is 10.2. The molecule has 1 saturated heterocycles. The lowest BCUT2D eigenvalue weighted by Crippen LogP contribution is -2.48. The van der Waals surface area contributed by atoms with Crippen molar-refractivity contribution in [2.45, 2.75) is 13.0 Å². The van der Waals surface area contributed by atoms with Crippen molar-refractivity contribution in [3.05, 3.63) is 65.9 Å². The fourth-order valence-electron chi connectivity index (χ4n) is 3.98. The van der Waals surface area contributed by atoms with Crippen LogP contribution < -0.4 is 9.47 Å². The molecule has 0 radical (unpaired) electrons. The SMILES string of the molecule is COc1ccc(CN2CCN(C(=O)Cc3cccc4cccnc34)CC2)cc1OC. The number of piperazine rings is 1. The molecule has 0 saturated carbocycles. The molecule has 30 heavy (non-hydrogen) atoms. The van der Waals surface area contributed by atoms with Crippen LogP contribution in [-0.4, -0.2) is 61.1 Å². The number of hydrogen-bond acceptors (Lipinski definition) is 5. The average molecular weight is 405 g/mol. The Bertz CT molecular complexity index is 1020. The monoisotopic (exact) mass is 405 g/mol. The van der Waals surface area contributed by atoms with Gasteiger partial charge in [0.15, 0.2) is 11.5 Å². The van der Waals surface area contributed by atoms with Gasteiger partial charge in [-0.25, -0.2) is 0 Å². The van der Waals surface area contributed by atoms with Crippen LogP contribution in [0.1, 0.15) is 11.1 Å². The first kappa shape index (κ1) is 20.2. The maximum Gasteiger partial charge on any atom is 0.227 e. The summed E-state index contributed by atoms with van der Waals surface area (Å²) in [5.74, 6) is 1.64. The first-order chi connectivity index (χ1) is 14.7. The lowest BCUT2D eigenvalue weighted by Gasteiger charge is -2.35. The molecule has 6 heteroatoms. The highest BCUT2D eigenvalue weighted by Crippen LogP contribution is 2.28. The minimum absolute atomic E-state index is 0.166. The Morgan fingerprint density at radius 2 is 1.73 bits per heavy atom. The Morgan fingerprint density at radius 3 is 2.50 bits per heavy atom. The molecule has 0 spiro atoms. The zero-order valence-electron chi connectivity index (χ0n) is 17.5. The Balaban J connectivity index is 1.34. The molecular weight excluding hydrogens is 378 g/mol. The van der Waals surface area contributed by atoms with Crippen LogP contribution in [0.5, 0.6) is 11.5 Å². The molecule has 1 aliphatic heterocycles. The Kier molecular flexibility index (Phi) is 6.14. The van der Waals surface area contributed by atoms with Crippen LogP contribution in [0.3, 0.4) is 0 Å². The van der Waals surface area contributed by atoms with Gasteiger partial charge >= 0.3 is 0 Å². The lowest BCUT2D eigenvalue weighted by molar-refractivity contribution is -0.132. The number of ether oxygens (including phenoxy) is 2. The van der Waals surface area contributed by atoms with Gasteiger partial charge in [0.1, 0.15) is 0 Å². The number of amides is 1. The number of carbonyl (C=O) groups excluding carboxylic acids is 1. The van der Waals surface area contributed by atoms with E-state index in [0.29, 0.717) is 6.42 Å². The van der Waals surface area contributed by atoms with Crippen molar-refractivity contribution in [2.75, 3.05) is 40.4 Å². The van der Waals surface area contributed by atoms with Crippen LogP contribution in [0.15, 0.2) is 54.7 Å². The zero-order valence-corrected chi connectivity index (χ0v) is 17.5. The normalized spacial score (nSPS) is 14.7. The van der Waals surface area contributed by atoms with Gasteiger partial charge in [-0.1, -0.05) is 30.3 Å². The van der Waals surface area contributed by atoms with Gasteiger partial charge in [-0.3, -0.25) is 14.7 Å². The molecule has 0 atom stereocenters. The number of pyridine rings is 1. The molecule has 0 N–H and O–H groups in total. The molecule has 1 aliphatic rings. The molecular formula is C24H27N3O3. The summed E-state index contributed by atoms with van der Waals surface area (Å²) < 4.78 is 10.7. The number of nitrogens with zero attached hydrogens (tertiary/aromatic N) is 3. The number of fused-ring (bicyclic) bond motifs is 1. The highest BCUT2D eigenvalue weighted by Gasteiger charge is 2.22. The van der Waals surface area contributed by atoms with Crippen molar-refractivity contribution >= 4 is 16.8 Å². The third-order valence-electron chi connectivity index (χ3n) is 5.64. The van der Waals surface area contributed by atoms with Gasteiger partial charge in [-0.15, -0.1) is 0 Å². The molecule has 4 rings (SSSR count). The summed E-state index contributed by atoms with van der Waals surface area (Å²) in [4.78, 5) is 21.7. The summed E-state index contributed by atoms with van der Waals surface area (Å²) in [5.41, 5.74) is 3.08. The highest BCUT2D eigenvalue weighted by atomic mass is 16.5. The first-order valence-electron chi connectivity index (χ1n) is 10.2. The van der Waals surface area contributed by atoms with Gasteiger partial charge < -0.3 is 14.4 Å². The van der Waals surface area contributed by atoms with Crippen molar-refractivity contribution in [2.24, 2.45) is 0 Å². The fraction of sp³-hybridized carbons (Fsp3) is 0.333. The molecule has 2 aromatic carbocycles. The van der Waals surface area contributed by atoms with Crippen molar-refractivity contribution in [1.82, 2.24) is 14.8 Å². The second kappa shape index (κ2) is 9.13. The molecule has 0 unspecified atom stereocenters. The molecule has 1 aromatic heterocycles. The molecule has 3 aromatic rings. The smallest absolute Gasteiger partial charge is 0.227 e. The predicted molar refractivity (Wildman–Crippen MR) is 117 cm³/mol. The van der Waals surface area contributed by atoms with Crippen molar-refractivity contribution in [3.8, 4) is 11.5 Å². The number of aromatic nitrogens is 1. The molecule has 0 aliphatic carbocycles. The number of hydrogen-bond donors (Lipinski definition) is 0. The summed E-state index contributed by atoms with van der Waals surface area (Å²) in [6.45, 7) is 4.02. The third-order valence-corrected chi connectivity index (χ3v) is 5.64. The van der Waals surface area contributed by atoms with E-state index in [1.807, 2.05) is 47.4 Å². The van der Waals surface area contributed by atoms with E-state index >= 15 is 0 Å². The van der Waals surface area contributed by atoms with Gasteiger partial charge in [0.25, 0.3) is 0 Å². The van der Waals surface area contributed by atoms with E-state index in [1.54, 1.807) is 20.4 Å². The number of rotatable bonds is 6. The Hall–Kier alpha value is -3.12. The molecule has 1 amide bonds. The Morgan fingerprint density at radius 1 is 0.967 bits per heavy atom. The van der Waals surface area contributed by atoms with E-state index < -0.39 is 0 Å². The standard InChI is InChI=1S/C24H27N3O3/c1-29-21-9-8-18(15-22(21)30-2)17-26-11-13-27(14-12-26)23(28)16-20-6-3-5-19-7-4-10-25-24(19)20/h3-10,15H,11-14,16-17H2,1-2H3. The molecule has 1 fully saturated rings. The quantitative estimate of drug-likeness (QED) is 0.631. The molecule has 6 nitrogen and oxygen atoms in total. The van der Waals surface area contributed by atoms with Crippen molar-refractivity contribution in [1.29, 1.82) is 0 Å². The van der Waals surface area contributed by atoms with Crippen LogP contribution in [0.2, 0.25) is 0 Å². The maximum atomic E-state index is 12.9. The van der Waals surface area contributed by atoms with Crippen LogP contribution >= 0.6 is 0 Å². The number of methoxy groups -OCH3 is 2. The third kappa shape index (κ3) is 4.39. The second-order valence-corrected chi connectivity index (χ2v) is 7.52. The van der Waals surface area contributed by atoms with E-state index in [1.165, 1.54) is 5.56 Å². The highest BCUT2D eigenvalue weighted by molar-refractivity contribution is 5.87. The number of carbonyl (C=O) groups is 1. The summed E-state index contributed by atoms with van der Waals surface area (Å²) in [7, 11) is 3.29. The summed E-state index contributed by atoms with van der Waals surface area (Å²) in [5, 5.41) is 1.07. The Labute approximate surface area is 177 Å². The maximum absolute atomic E-state index is 12.9. The van der Waals surface area contributed by atoms with E-state index in [4.69, 9.17) is 9.47 Å². The molecule has 2 heterocycles. The van der Waals surface area contributed by atoms with Gasteiger partial charge in [0.05, 0.1) is 26.2 Å². The summed E-state index contributed by atoms with van der Waals surface area (Å²) >= 11 is 0. The van der Waals surface area contributed by atoms with E-state index in [9.17, 15) is 4.79 Å². The van der Waals surface area contributed by atoms with Crippen molar-refractivity contribution in [3.63, 3.8) is 0 Å². The zero-order chi connectivity index (χ0) is 20.9. The van der Waals surface area contributed by atoms with Crippen molar-refractivity contribution < 1.29 is 14.3 Å². The average Bonchev–Trinajstić information content (AvgIpc) is 2.79. The van der Waals surface area contributed by atoms with Crippen LogP contribution in [-0.2, 0) is 17.8 Å². The van der Waals surface area contributed by atoms with Gasteiger partial charge in [-0.2, -0.15) is 0 Å². The predicted octanol–water partition coefficient (Wildman–Crippen LogP) is 3.14. The van der Waals surface area contributed by atoms with Gasteiger partial charge in [0.2, 0.25) is 5.91 Å². The minimum atomic E-state index is 0.166. The largest absolute Gasteiger partial charge is 0.493 e.